The van der Waals surface area contributed by atoms with Crippen molar-refractivity contribution >= 4 is 17.1 Å². The van der Waals surface area contributed by atoms with Gasteiger partial charge in [0.1, 0.15) is 5.52 Å². The molecule has 2 aliphatic heterocycles. The minimum absolute atomic E-state index is 0.172. The molecule has 0 bridgehead atoms. The number of carbonyl (C=O) groups is 1. The Hall–Kier alpha value is -2.15. The Morgan fingerprint density at radius 3 is 2.72 bits per heavy atom. The normalized spacial score (nSPS) is 22.6. The van der Waals surface area contributed by atoms with E-state index in [0.29, 0.717) is 18.7 Å². The summed E-state index contributed by atoms with van der Waals surface area (Å²) in [5, 5.41) is 8.65. The maximum atomic E-state index is 11.9. The minimum Gasteiger partial charge on any atom is -0.450 e. The van der Waals surface area contributed by atoms with Crippen LogP contribution in [0.5, 0.6) is 0 Å². The largest absolute Gasteiger partial charge is 0.450 e. The van der Waals surface area contributed by atoms with Gasteiger partial charge < -0.3 is 9.64 Å². The topological polar surface area (TPSA) is 63.5 Å². The number of fused-ring (bicyclic) bond motifs is 1. The van der Waals surface area contributed by atoms with Gasteiger partial charge in [-0.3, -0.25) is 4.90 Å². The summed E-state index contributed by atoms with van der Waals surface area (Å²) in [4.78, 5) is 16.2. The van der Waals surface area contributed by atoms with E-state index in [9.17, 15) is 4.79 Å². The second-order valence-corrected chi connectivity index (χ2v) is 6.88. The van der Waals surface area contributed by atoms with Crippen LogP contribution in [0.25, 0.3) is 11.0 Å². The first kappa shape index (κ1) is 16.3. The molecule has 1 unspecified atom stereocenters. The van der Waals surface area contributed by atoms with Gasteiger partial charge in [-0.15, -0.1) is 5.10 Å². The highest BCUT2D eigenvalue weighted by Crippen LogP contribution is 2.28. The summed E-state index contributed by atoms with van der Waals surface area (Å²) in [6.45, 7) is 5.97. The second kappa shape index (κ2) is 7.00. The molecule has 1 aromatic heterocycles. The Morgan fingerprint density at radius 1 is 1.16 bits per heavy atom. The van der Waals surface area contributed by atoms with E-state index in [0.717, 1.165) is 56.5 Å². The van der Waals surface area contributed by atoms with Crippen LogP contribution < -0.4 is 0 Å². The lowest BCUT2D eigenvalue weighted by atomic mass is 10.0. The van der Waals surface area contributed by atoms with Crippen LogP contribution in [-0.2, 0) is 4.74 Å². The number of ether oxygens (including phenoxy) is 1. The lowest BCUT2D eigenvalue weighted by molar-refractivity contribution is 0.104. The molecule has 3 heterocycles. The predicted octanol–water partition coefficient (Wildman–Crippen LogP) is 2.30. The molecule has 2 fully saturated rings. The first-order valence-corrected chi connectivity index (χ1v) is 9.22. The summed E-state index contributed by atoms with van der Waals surface area (Å²) in [6.07, 6.45) is 3.01. The zero-order chi connectivity index (χ0) is 17.2. The van der Waals surface area contributed by atoms with Crippen LogP contribution in [0.2, 0.25) is 0 Å². The van der Waals surface area contributed by atoms with Crippen LogP contribution in [0.15, 0.2) is 24.3 Å². The molecule has 4 rings (SSSR count). The summed E-state index contributed by atoms with van der Waals surface area (Å²) >= 11 is 0. The Balaban J connectivity index is 1.35. The molecule has 25 heavy (non-hydrogen) atoms. The fourth-order valence-electron chi connectivity index (χ4n) is 4.07. The first-order valence-electron chi connectivity index (χ1n) is 9.22. The molecule has 7 heteroatoms. The number of piperidine rings is 1. The molecule has 1 amide bonds. The highest BCUT2D eigenvalue weighted by molar-refractivity contribution is 5.74. The molecule has 7 nitrogen and oxygen atoms in total. The molecule has 0 radical (unpaired) electrons. The van der Waals surface area contributed by atoms with Crippen molar-refractivity contribution in [2.45, 2.75) is 38.3 Å². The van der Waals surface area contributed by atoms with Gasteiger partial charge in [0.2, 0.25) is 0 Å². The van der Waals surface area contributed by atoms with Crippen molar-refractivity contribution < 1.29 is 9.53 Å². The summed E-state index contributed by atoms with van der Waals surface area (Å²) in [7, 11) is 0. The number of amides is 1. The number of rotatable bonds is 3. The number of benzene rings is 1. The van der Waals surface area contributed by atoms with Gasteiger partial charge in [0.15, 0.2) is 0 Å². The van der Waals surface area contributed by atoms with Gasteiger partial charge >= 0.3 is 6.09 Å². The highest BCUT2D eigenvalue weighted by Gasteiger charge is 2.33. The molecule has 1 aromatic carbocycles. The smallest absolute Gasteiger partial charge is 0.409 e. The van der Waals surface area contributed by atoms with Crippen LogP contribution in [0.1, 0.15) is 32.2 Å². The van der Waals surface area contributed by atoms with E-state index >= 15 is 0 Å². The zero-order valence-corrected chi connectivity index (χ0v) is 14.7. The molecule has 0 aliphatic carbocycles. The molecule has 0 spiro atoms. The van der Waals surface area contributed by atoms with Crippen molar-refractivity contribution in [1.29, 1.82) is 0 Å². The highest BCUT2D eigenvalue weighted by atomic mass is 16.6. The number of hydrogen-bond acceptors (Lipinski definition) is 5. The number of hydrogen-bond donors (Lipinski definition) is 0. The van der Waals surface area contributed by atoms with E-state index in [1.807, 2.05) is 30.0 Å². The Bertz CT molecular complexity index is 738. The number of nitrogens with zero attached hydrogens (tertiary/aromatic N) is 5. The standard InChI is InChI=1S/C18H25N5O2/c1-2-25-18(24)22-12-9-15(13-22)21-10-7-14(8-11-21)23-17-6-4-3-5-16(17)19-20-23/h3-6,14-15H,2,7-13H2,1H3. The summed E-state index contributed by atoms with van der Waals surface area (Å²) in [5.74, 6) is 0. The van der Waals surface area contributed by atoms with E-state index < -0.39 is 0 Å². The maximum absolute atomic E-state index is 11.9. The van der Waals surface area contributed by atoms with Crippen LogP contribution in [0, 0.1) is 0 Å². The van der Waals surface area contributed by atoms with Gasteiger partial charge in [-0.2, -0.15) is 0 Å². The van der Waals surface area contributed by atoms with Crippen molar-refractivity contribution in [2.75, 3.05) is 32.8 Å². The summed E-state index contributed by atoms with van der Waals surface area (Å²) in [6, 6.07) is 9.01. The van der Waals surface area contributed by atoms with Gasteiger partial charge in [0.25, 0.3) is 0 Å². The monoisotopic (exact) mass is 343 g/mol. The van der Waals surface area contributed by atoms with E-state index in [1.54, 1.807) is 0 Å². The van der Waals surface area contributed by atoms with Crippen LogP contribution in [0.4, 0.5) is 4.79 Å². The van der Waals surface area contributed by atoms with Crippen LogP contribution in [0.3, 0.4) is 0 Å². The third-order valence-electron chi connectivity index (χ3n) is 5.43. The number of carbonyl (C=O) groups excluding carboxylic acids is 1. The Morgan fingerprint density at radius 2 is 1.92 bits per heavy atom. The van der Waals surface area contributed by atoms with E-state index in [-0.39, 0.29) is 6.09 Å². The molecule has 0 N–H and O–H groups in total. The maximum Gasteiger partial charge on any atom is 0.409 e. The molecule has 2 saturated heterocycles. The molecular formula is C18H25N5O2. The zero-order valence-electron chi connectivity index (χ0n) is 14.7. The van der Waals surface area contributed by atoms with Crippen molar-refractivity contribution in [1.82, 2.24) is 24.8 Å². The fraction of sp³-hybridized carbons (Fsp3) is 0.611. The van der Waals surface area contributed by atoms with E-state index in [1.165, 1.54) is 0 Å². The Kier molecular flexibility index (Phi) is 4.57. The number of aromatic nitrogens is 3. The average Bonchev–Trinajstić information content (AvgIpc) is 3.30. The lowest BCUT2D eigenvalue weighted by Crippen LogP contribution is -2.44. The van der Waals surface area contributed by atoms with Gasteiger partial charge in [-0.25, -0.2) is 9.48 Å². The third-order valence-corrected chi connectivity index (χ3v) is 5.43. The average molecular weight is 343 g/mol. The van der Waals surface area contributed by atoms with Crippen LogP contribution in [-0.4, -0.2) is 69.7 Å². The minimum atomic E-state index is -0.172. The van der Waals surface area contributed by atoms with Gasteiger partial charge in [0.05, 0.1) is 18.2 Å². The van der Waals surface area contributed by atoms with Gasteiger partial charge in [-0.1, -0.05) is 17.3 Å². The fourth-order valence-corrected chi connectivity index (χ4v) is 4.07. The van der Waals surface area contributed by atoms with Crippen molar-refractivity contribution in [3.05, 3.63) is 24.3 Å². The van der Waals surface area contributed by atoms with Crippen molar-refractivity contribution in [2.24, 2.45) is 0 Å². The summed E-state index contributed by atoms with van der Waals surface area (Å²) in [5.41, 5.74) is 2.08. The summed E-state index contributed by atoms with van der Waals surface area (Å²) < 4.78 is 7.21. The quantitative estimate of drug-likeness (QED) is 0.856. The molecule has 0 saturated carbocycles. The van der Waals surface area contributed by atoms with Crippen molar-refractivity contribution in [3.8, 4) is 0 Å². The van der Waals surface area contributed by atoms with Gasteiger partial charge in [0, 0.05) is 32.2 Å². The SMILES string of the molecule is CCOC(=O)N1CCC(N2CCC(n3nnc4ccccc43)CC2)C1. The Labute approximate surface area is 147 Å². The molecule has 2 aromatic rings. The third kappa shape index (κ3) is 3.20. The molecular weight excluding hydrogens is 318 g/mol. The molecule has 1 atom stereocenters. The van der Waals surface area contributed by atoms with Gasteiger partial charge in [-0.05, 0) is 38.3 Å². The van der Waals surface area contributed by atoms with E-state index in [2.05, 4.69) is 26.0 Å². The van der Waals surface area contributed by atoms with E-state index in [4.69, 9.17) is 4.74 Å². The molecule has 134 valence electrons. The molecule has 2 aliphatic rings. The van der Waals surface area contributed by atoms with Crippen LogP contribution >= 0.6 is 0 Å². The predicted molar refractivity (Wildman–Crippen MR) is 94.4 cm³/mol. The van der Waals surface area contributed by atoms with Crippen molar-refractivity contribution in [3.63, 3.8) is 0 Å². The number of para-hydroxylation sites is 1. The lowest BCUT2D eigenvalue weighted by Gasteiger charge is -2.35. The second-order valence-electron chi connectivity index (χ2n) is 6.88. The number of likely N-dealkylation sites (tertiary alicyclic amines) is 2. The first-order chi connectivity index (χ1) is 12.3.